The van der Waals surface area contributed by atoms with Crippen molar-refractivity contribution in [3.8, 4) is 0 Å². The molecule has 0 radical (unpaired) electrons. The number of halogens is 1. The summed E-state index contributed by atoms with van der Waals surface area (Å²) in [4.78, 5) is 0. The number of ether oxygens (including phenoxy) is 1. The minimum absolute atomic E-state index is 0.128. The van der Waals surface area contributed by atoms with E-state index in [1.807, 2.05) is 6.92 Å². The molecule has 0 aromatic heterocycles. The van der Waals surface area contributed by atoms with Crippen molar-refractivity contribution in [2.75, 3.05) is 0 Å². The fourth-order valence-electron chi connectivity index (χ4n) is 1.62. The molecule has 12 heavy (non-hydrogen) atoms. The number of rotatable bonds is 2. The lowest BCUT2D eigenvalue weighted by atomic mass is 9.70. The second kappa shape index (κ2) is 2.39. The van der Waals surface area contributed by atoms with Gasteiger partial charge >= 0.3 is 0 Å². The zero-order valence-corrected chi connectivity index (χ0v) is 9.62. The lowest BCUT2D eigenvalue weighted by molar-refractivity contribution is 0.101. The maximum absolute atomic E-state index is 6.15. The van der Waals surface area contributed by atoms with Crippen molar-refractivity contribution in [3.63, 3.8) is 0 Å². The number of hydrogen-bond acceptors (Lipinski definition) is 1. The Morgan fingerprint density at radius 2 is 1.58 bits per heavy atom. The minimum Gasteiger partial charge on any atom is -0.346 e. The first kappa shape index (κ1) is 10.3. The molecule has 2 atom stereocenters. The van der Waals surface area contributed by atoms with Gasteiger partial charge in [-0.05, 0) is 25.2 Å². The van der Waals surface area contributed by atoms with E-state index in [1.54, 1.807) is 0 Å². The van der Waals surface area contributed by atoms with Gasteiger partial charge in [0, 0.05) is 0 Å². The topological polar surface area (TPSA) is 12.5 Å². The normalized spacial score (nSPS) is 42.0. The molecule has 1 nitrogen and oxygen atoms in total. The number of epoxide rings is 1. The van der Waals surface area contributed by atoms with Crippen LogP contribution in [0.4, 0.5) is 0 Å². The Kier molecular flexibility index (Phi) is 2.06. The number of alkyl halides is 1. The molecule has 0 saturated carbocycles. The fourth-order valence-corrected chi connectivity index (χ4v) is 2.01. The molecule has 72 valence electrons. The molecule has 2 unspecified atom stereocenters. The quantitative estimate of drug-likeness (QED) is 0.480. The Morgan fingerprint density at radius 3 is 1.67 bits per heavy atom. The van der Waals surface area contributed by atoms with Crippen molar-refractivity contribution in [1.82, 2.24) is 0 Å². The standard InChI is InChI=1S/C10H19ClO/c1-7(2)8(3,4)9(5)10(6,11)12-9/h7H,1-6H3. The molecule has 0 aromatic carbocycles. The van der Waals surface area contributed by atoms with Crippen molar-refractivity contribution in [2.45, 2.75) is 52.2 Å². The Labute approximate surface area is 80.4 Å². The van der Waals surface area contributed by atoms with Crippen molar-refractivity contribution in [3.05, 3.63) is 0 Å². The second-order valence-electron chi connectivity index (χ2n) is 4.93. The maximum atomic E-state index is 6.15. The smallest absolute Gasteiger partial charge is 0.168 e. The van der Waals surface area contributed by atoms with Crippen LogP contribution in [0.15, 0.2) is 0 Å². The molecule has 0 N–H and O–H groups in total. The van der Waals surface area contributed by atoms with E-state index in [0.717, 1.165) is 0 Å². The molecule has 1 aliphatic rings. The highest BCUT2D eigenvalue weighted by molar-refractivity contribution is 6.25. The summed E-state index contributed by atoms with van der Waals surface area (Å²) in [5.41, 5.74) is -0.0424. The van der Waals surface area contributed by atoms with Gasteiger partial charge in [0.05, 0.1) is 0 Å². The SMILES string of the molecule is CC(C)C(C)(C)C1(C)OC1(C)Cl. The van der Waals surface area contributed by atoms with Crippen LogP contribution < -0.4 is 0 Å². The fraction of sp³-hybridized carbons (Fsp3) is 1.00. The van der Waals surface area contributed by atoms with Crippen LogP contribution in [0.25, 0.3) is 0 Å². The summed E-state index contributed by atoms with van der Waals surface area (Å²) in [5, 5.41) is -0.458. The van der Waals surface area contributed by atoms with Crippen LogP contribution in [0.3, 0.4) is 0 Å². The van der Waals surface area contributed by atoms with Crippen LogP contribution in [0, 0.1) is 11.3 Å². The largest absolute Gasteiger partial charge is 0.346 e. The van der Waals surface area contributed by atoms with Gasteiger partial charge < -0.3 is 4.74 Å². The van der Waals surface area contributed by atoms with Crippen LogP contribution in [0.5, 0.6) is 0 Å². The van der Waals surface area contributed by atoms with E-state index in [0.29, 0.717) is 5.92 Å². The molecule has 0 aromatic rings. The Balaban J connectivity index is 2.85. The lowest BCUT2D eigenvalue weighted by Gasteiger charge is -2.34. The molecular formula is C10H19ClO. The molecule has 2 heteroatoms. The Hall–Kier alpha value is 0.250. The predicted molar refractivity (Wildman–Crippen MR) is 52.4 cm³/mol. The average Bonchev–Trinajstić information content (AvgIpc) is 2.33. The van der Waals surface area contributed by atoms with Crippen LogP contribution in [-0.4, -0.2) is 10.7 Å². The second-order valence-corrected chi connectivity index (χ2v) is 5.65. The third-order valence-electron chi connectivity index (χ3n) is 3.88. The zero-order valence-electron chi connectivity index (χ0n) is 8.86. The summed E-state index contributed by atoms with van der Waals surface area (Å²) in [6, 6.07) is 0. The van der Waals surface area contributed by atoms with Gasteiger partial charge in [0.25, 0.3) is 0 Å². The van der Waals surface area contributed by atoms with Gasteiger partial charge in [0.1, 0.15) is 5.60 Å². The van der Waals surface area contributed by atoms with Gasteiger partial charge in [-0.1, -0.05) is 39.3 Å². The van der Waals surface area contributed by atoms with Gasteiger partial charge in [-0.25, -0.2) is 0 Å². The first-order chi connectivity index (χ1) is 5.15. The Morgan fingerprint density at radius 1 is 1.25 bits per heavy atom. The summed E-state index contributed by atoms with van der Waals surface area (Å²) < 4.78 is 5.58. The van der Waals surface area contributed by atoms with E-state index in [2.05, 4.69) is 34.6 Å². The van der Waals surface area contributed by atoms with Crippen molar-refractivity contribution < 1.29 is 4.74 Å². The van der Waals surface area contributed by atoms with Crippen molar-refractivity contribution in [2.24, 2.45) is 11.3 Å². The lowest BCUT2D eigenvalue weighted by Crippen LogP contribution is -2.38. The third kappa shape index (κ3) is 1.10. The summed E-state index contributed by atoms with van der Waals surface area (Å²) in [7, 11) is 0. The summed E-state index contributed by atoms with van der Waals surface area (Å²) >= 11 is 6.15. The molecule has 0 spiro atoms. The molecule has 0 amide bonds. The monoisotopic (exact) mass is 190 g/mol. The highest BCUT2D eigenvalue weighted by Gasteiger charge is 2.70. The molecule has 1 aliphatic heterocycles. The minimum atomic E-state index is -0.458. The summed E-state index contributed by atoms with van der Waals surface area (Å²) in [6.45, 7) is 12.9. The zero-order chi connectivity index (χ0) is 9.78. The molecule has 0 aliphatic carbocycles. The maximum Gasteiger partial charge on any atom is 0.168 e. The van der Waals surface area contributed by atoms with Gasteiger partial charge in [-0.2, -0.15) is 0 Å². The van der Waals surface area contributed by atoms with E-state index in [9.17, 15) is 0 Å². The summed E-state index contributed by atoms with van der Waals surface area (Å²) in [6.07, 6.45) is 0. The molecule has 1 fully saturated rings. The van der Waals surface area contributed by atoms with Crippen LogP contribution >= 0.6 is 11.6 Å². The molecule has 1 saturated heterocycles. The molecular weight excluding hydrogens is 172 g/mol. The van der Waals surface area contributed by atoms with Gasteiger partial charge in [0.2, 0.25) is 0 Å². The average molecular weight is 191 g/mol. The van der Waals surface area contributed by atoms with Crippen molar-refractivity contribution in [1.29, 1.82) is 0 Å². The molecule has 0 bridgehead atoms. The van der Waals surface area contributed by atoms with Crippen LogP contribution in [-0.2, 0) is 4.74 Å². The van der Waals surface area contributed by atoms with E-state index >= 15 is 0 Å². The van der Waals surface area contributed by atoms with Gasteiger partial charge in [-0.15, -0.1) is 0 Å². The van der Waals surface area contributed by atoms with Crippen molar-refractivity contribution >= 4 is 11.6 Å². The van der Waals surface area contributed by atoms with Crippen LogP contribution in [0.2, 0.25) is 0 Å². The third-order valence-corrected chi connectivity index (χ3v) is 4.32. The van der Waals surface area contributed by atoms with E-state index in [1.165, 1.54) is 0 Å². The first-order valence-electron chi connectivity index (χ1n) is 4.54. The Bertz CT molecular complexity index is 193. The molecule has 1 rings (SSSR count). The predicted octanol–water partition coefficient (Wildman–Crippen LogP) is 3.41. The highest BCUT2D eigenvalue weighted by Crippen LogP contribution is 2.62. The summed E-state index contributed by atoms with van der Waals surface area (Å²) in [5.74, 6) is 0.572. The van der Waals surface area contributed by atoms with Gasteiger partial charge in [0.15, 0.2) is 5.06 Å². The highest BCUT2D eigenvalue weighted by atomic mass is 35.5. The van der Waals surface area contributed by atoms with Gasteiger partial charge in [-0.3, -0.25) is 0 Å². The molecule has 1 heterocycles. The van der Waals surface area contributed by atoms with E-state index in [4.69, 9.17) is 16.3 Å². The van der Waals surface area contributed by atoms with E-state index < -0.39 is 5.06 Å². The number of hydrogen-bond donors (Lipinski definition) is 0. The first-order valence-corrected chi connectivity index (χ1v) is 4.92. The van der Waals surface area contributed by atoms with E-state index in [-0.39, 0.29) is 11.0 Å². The van der Waals surface area contributed by atoms with Crippen LogP contribution in [0.1, 0.15) is 41.5 Å².